The molecule has 1 aliphatic carbocycles. The Labute approximate surface area is 129 Å². The number of hydrogen-bond acceptors (Lipinski definition) is 5. The standard InChI is InChI=1S/C13H18ClNO5S/c14-11-5-3-4-10(6-9-19-21(15,17)18)12(11)20-13(16)7-1-2-8-13/h3-5,16H,1-2,6-9H2,(H2,15,17,18). The fraction of sp³-hybridized carbons (Fsp3) is 0.538. The fourth-order valence-corrected chi connectivity index (χ4v) is 2.90. The quantitative estimate of drug-likeness (QED) is 0.771. The Bertz CT molecular complexity index is 599. The molecule has 0 unspecified atom stereocenters. The van der Waals surface area contributed by atoms with Crippen molar-refractivity contribution in [2.24, 2.45) is 5.14 Å². The molecule has 0 amide bonds. The SMILES string of the molecule is NS(=O)(=O)OCCc1cccc(Cl)c1OC1(O)CCCC1. The highest BCUT2D eigenvalue weighted by Gasteiger charge is 2.34. The van der Waals surface area contributed by atoms with Gasteiger partial charge in [-0.3, -0.25) is 4.18 Å². The summed E-state index contributed by atoms with van der Waals surface area (Å²) in [5.41, 5.74) is 0.659. The van der Waals surface area contributed by atoms with Gasteiger partial charge in [0.15, 0.2) is 0 Å². The number of para-hydroxylation sites is 1. The number of halogens is 1. The lowest BCUT2D eigenvalue weighted by Gasteiger charge is -2.26. The third-order valence-corrected chi connectivity index (χ3v) is 4.14. The molecule has 1 saturated carbocycles. The van der Waals surface area contributed by atoms with Crippen LogP contribution in [0.3, 0.4) is 0 Å². The second-order valence-corrected chi connectivity index (χ2v) is 6.68. The number of aliphatic hydroxyl groups is 1. The summed E-state index contributed by atoms with van der Waals surface area (Å²) in [4.78, 5) is 0. The molecule has 0 aromatic heterocycles. The summed E-state index contributed by atoms with van der Waals surface area (Å²) >= 11 is 6.12. The Morgan fingerprint density at radius 1 is 1.33 bits per heavy atom. The molecule has 1 fully saturated rings. The van der Waals surface area contributed by atoms with E-state index in [2.05, 4.69) is 4.18 Å². The molecular weight excluding hydrogens is 318 g/mol. The smallest absolute Gasteiger partial charge is 0.333 e. The first-order chi connectivity index (χ1) is 9.79. The largest absolute Gasteiger partial charge is 0.461 e. The van der Waals surface area contributed by atoms with E-state index in [-0.39, 0.29) is 13.0 Å². The fourth-order valence-electron chi connectivity index (χ4n) is 2.35. The molecule has 3 N–H and O–H groups in total. The Morgan fingerprint density at radius 2 is 2.00 bits per heavy atom. The molecule has 0 spiro atoms. The van der Waals surface area contributed by atoms with Crippen LogP contribution in [0, 0.1) is 0 Å². The lowest BCUT2D eigenvalue weighted by atomic mass is 10.1. The zero-order valence-corrected chi connectivity index (χ0v) is 13.0. The molecule has 1 aromatic rings. The minimum atomic E-state index is -3.97. The van der Waals surface area contributed by atoms with Gasteiger partial charge in [-0.25, -0.2) is 5.14 Å². The number of ether oxygens (including phenoxy) is 1. The highest BCUT2D eigenvalue weighted by molar-refractivity contribution is 7.84. The molecule has 8 heteroatoms. The molecule has 0 saturated heterocycles. The van der Waals surface area contributed by atoms with Gasteiger partial charge in [0.1, 0.15) is 5.75 Å². The zero-order chi connectivity index (χ0) is 15.5. The first kappa shape index (κ1) is 16.5. The second-order valence-electron chi connectivity index (χ2n) is 5.05. The Morgan fingerprint density at radius 3 is 2.62 bits per heavy atom. The van der Waals surface area contributed by atoms with Crippen molar-refractivity contribution in [3.05, 3.63) is 28.8 Å². The molecule has 0 heterocycles. The van der Waals surface area contributed by atoms with Crippen LogP contribution in [0.5, 0.6) is 5.75 Å². The van der Waals surface area contributed by atoms with E-state index in [1.165, 1.54) is 0 Å². The average Bonchev–Trinajstić information content (AvgIpc) is 2.79. The first-order valence-electron chi connectivity index (χ1n) is 6.65. The molecule has 0 bridgehead atoms. The minimum Gasteiger partial charge on any atom is -0.461 e. The van der Waals surface area contributed by atoms with Crippen LogP contribution in [-0.4, -0.2) is 25.9 Å². The molecular formula is C13H18ClNO5S. The molecule has 0 atom stereocenters. The highest BCUT2D eigenvalue weighted by atomic mass is 35.5. The Balaban J connectivity index is 2.12. The van der Waals surface area contributed by atoms with Crippen LogP contribution >= 0.6 is 11.6 Å². The maximum atomic E-state index is 10.8. The molecule has 118 valence electrons. The third kappa shape index (κ3) is 4.82. The van der Waals surface area contributed by atoms with Gasteiger partial charge in [-0.2, -0.15) is 8.42 Å². The van der Waals surface area contributed by atoms with Crippen LogP contribution in [0.4, 0.5) is 0 Å². The van der Waals surface area contributed by atoms with Gasteiger partial charge < -0.3 is 9.84 Å². The van der Waals surface area contributed by atoms with Crippen molar-refractivity contribution in [3.8, 4) is 5.75 Å². The number of hydrogen-bond donors (Lipinski definition) is 2. The maximum Gasteiger partial charge on any atom is 0.333 e. The summed E-state index contributed by atoms with van der Waals surface area (Å²) in [7, 11) is -3.97. The third-order valence-electron chi connectivity index (χ3n) is 3.34. The second kappa shape index (κ2) is 6.50. The van der Waals surface area contributed by atoms with Gasteiger partial charge in [0.25, 0.3) is 0 Å². The normalized spacial score (nSPS) is 17.9. The van der Waals surface area contributed by atoms with Crippen LogP contribution in [0.1, 0.15) is 31.2 Å². The van der Waals surface area contributed by atoms with Crippen LogP contribution in [0.15, 0.2) is 18.2 Å². The van der Waals surface area contributed by atoms with Gasteiger partial charge in [0.05, 0.1) is 11.6 Å². The number of benzene rings is 1. The van der Waals surface area contributed by atoms with Crippen LogP contribution in [0.25, 0.3) is 0 Å². The molecule has 6 nitrogen and oxygen atoms in total. The summed E-state index contributed by atoms with van der Waals surface area (Å²) < 4.78 is 31.7. The van der Waals surface area contributed by atoms with Gasteiger partial charge in [0.2, 0.25) is 5.79 Å². The van der Waals surface area contributed by atoms with E-state index in [9.17, 15) is 13.5 Å². The van der Waals surface area contributed by atoms with Gasteiger partial charge in [-0.05, 0) is 24.5 Å². The molecule has 21 heavy (non-hydrogen) atoms. The van der Waals surface area contributed by atoms with E-state index in [1.807, 2.05) is 0 Å². The zero-order valence-electron chi connectivity index (χ0n) is 11.4. The van der Waals surface area contributed by atoms with Crippen molar-refractivity contribution >= 4 is 21.9 Å². The van der Waals surface area contributed by atoms with E-state index in [0.717, 1.165) is 12.8 Å². The van der Waals surface area contributed by atoms with Gasteiger partial charge in [0, 0.05) is 19.3 Å². The number of nitrogens with two attached hydrogens (primary N) is 1. The van der Waals surface area contributed by atoms with Crippen molar-refractivity contribution in [2.45, 2.75) is 37.9 Å². The molecule has 1 aliphatic rings. The van der Waals surface area contributed by atoms with Crippen molar-refractivity contribution in [1.29, 1.82) is 0 Å². The Kier molecular flexibility index (Phi) is 5.11. The van der Waals surface area contributed by atoms with Crippen LogP contribution < -0.4 is 9.88 Å². The summed E-state index contributed by atoms with van der Waals surface area (Å²) in [6.45, 7) is -0.117. The lowest BCUT2D eigenvalue weighted by Crippen LogP contribution is -2.32. The Hall–Kier alpha value is -0.860. The van der Waals surface area contributed by atoms with Crippen LogP contribution in [0.2, 0.25) is 5.02 Å². The van der Waals surface area contributed by atoms with E-state index < -0.39 is 16.1 Å². The van der Waals surface area contributed by atoms with E-state index >= 15 is 0 Å². The molecule has 2 rings (SSSR count). The molecule has 1 aromatic carbocycles. The monoisotopic (exact) mass is 335 g/mol. The van der Waals surface area contributed by atoms with E-state index in [4.69, 9.17) is 21.5 Å². The predicted molar refractivity (Wildman–Crippen MR) is 78.3 cm³/mol. The predicted octanol–water partition coefficient (Wildman–Crippen LogP) is 1.74. The number of rotatable bonds is 6. The molecule has 0 aliphatic heterocycles. The van der Waals surface area contributed by atoms with E-state index in [0.29, 0.717) is 29.2 Å². The van der Waals surface area contributed by atoms with Gasteiger partial charge >= 0.3 is 10.3 Å². The average molecular weight is 336 g/mol. The summed E-state index contributed by atoms with van der Waals surface area (Å²) in [6.07, 6.45) is 3.13. The summed E-state index contributed by atoms with van der Waals surface area (Å²) in [5.74, 6) is -0.845. The first-order valence-corrected chi connectivity index (χ1v) is 8.50. The van der Waals surface area contributed by atoms with Gasteiger partial charge in [-0.1, -0.05) is 23.7 Å². The summed E-state index contributed by atoms with van der Waals surface area (Å²) in [6, 6.07) is 5.12. The van der Waals surface area contributed by atoms with Gasteiger partial charge in [-0.15, -0.1) is 0 Å². The lowest BCUT2D eigenvalue weighted by molar-refractivity contribution is -0.130. The van der Waals surface area contributed by atoms with Crippen molar-refractivity contribution in [3.63, 3.8) is 0 Å². The van der Waals surface area contributed by atoms with E-state index in [1.54, 1.807) is 18.2 Å². The highest BCUT2D eigenvalue weighted by Crippen LogP contribution is 2.37. The van der Waals surface area contributed by atoms with Crippen LogP contribution in [-0.2, 0) is 20.9 Å². The van der Waals surface area contributed by atoms with Crippen molar-refractivity contribution in [1.82, 2.24) is 0 Å². The minimum absolute atomic E-state index is 0.117. The maximum absolute atomic E-state index is 10.8. The van der Waals surface area contributed by atoms with Crippen molar-refractivity contribution in [2.75, 3.05) is 6.61 Å². The molecule has 0 radical (unpaired) electrons. The topological polar surface area (TPSA) is 98.9 Å². The van der Waals surface area contributed by atoms with Crippen molar-refractivity contribution < 1.29 is 22.4 Å². The summed E-state index contributed by atoms with van der Waals surface area (Å²) in [5, 5.41) is 15.5.